The highest BCUT2D eigenvalue weighted by molar-refractivity contribution is 5.34. The smallest absolute Gasteiger partial charge is 0.0602 e. The summed E-state index contributed by atoms with van der Waals surface area (Å²) < 4.78 is 0. The molecule has 0 amide bonds. The second-order valence-corrected chi connectivity index (χ2v) is 5.51. The Morgan fingerprint density at radius 3 is 2.30 bits per heavy atom. The van der Waals surface area contributed by atoms with Crippen LogP contribution in [-0.4, -0.2) is 31.1 Å². The van der Waals surface area contributed by atoms with Crippen LogP contribution in [0.3, 0.4) is 0 Å². The summed E-state index contributed by atoms with van der Waals surface area (Å²) in [6.45, 7) is 6.54. The molecule has 20 heavy (non-hydrogen) atoms. The molecular weight excluding hydrogens is 244 g/mol. The summed E-state index contributed by atoms with van der Waals surface area (Å²) in [5, 5.41) is 3.44. The highest BCUT2D eigenvalue weighted by atomic mass is 15.2. The fourth-order valence-corrected chi connectivity index (χ4v) is 3.03. The Labute approximate surface area is 121 Å². The van der Waals surface area contributed by atoms with Crippen LogP contribution >= 0.6 is 0 Å². The normalized spacial score (nSPS) is 17.9. The topological polar surface area (TPSA) is 15.3 Å². The number of hydrogen-bond acceptors (Lipinski definition) is 2. The molecule has 0 aliphatic carbocycles. The molecule has 1 fully saturated rings. The van der Waals surface area contributed by atoms with Gasteiger partial charge in [-0.2, -0.15) is 0 Å². The molecule has 0 spiro atoms. The Morgan fingerprint density at radius 1 is 0.900 bits per heavy atom. The predicted octanol–water partition coefficient (Wildman–Crippen LogP) is 2.99. The molecule has 2 aromatic rings. The van der Waals surface area contributed by atoms with Gasteiger partial charge < -0.3 is 5.32 Å². The molecule has 3 rings (SSSR count). The van der Waals surface area contributed by atoms with Gasteiger partial charge in [0, 0.05) is 26.2 Å². The molecule has 1 heterocycles. The third-order valence-corrected chi connectivity index (χ3v) is 3.99. The number of nitrogens with one attached hydrogen (secondary N) is 1. The van der Waals surface area contributed by atoms with Crippen LogP contribution in [0.2, 0.25) is 0 Å². The van der Waals surface area contributed by atoms with Crippen molar-refractivity contribution in [2.24, 2.45) is 0 Å². The van der Waals surface area contributed by atoms with Crippen molar-refractivity contribution in [1.29, 1.82) is 0 Å². The standard InChI is InChI=1S/C18H22N2/c1-15-6-5-9-17(14-15)18(16-7-3-2-4-8-16)20-12-10-19-11-13-20/h2-9,14,18-19H,10-13H2,1H3/t18-/m1/s1. The van der Waals surface area contributed by atoms with Crippen LogP contribution < -0.4 is 5.32 Å². The molecule has 2 aromatic carbocycles. The summed E-state index contributed by atoms with van der Waals surface area (Å²) in [4.78, 5) is 2.58. The molecule has 0 radical (unpaired) electrons. The second kappa shape index (κ2) is 6.21. The Morgan fingerprint density at radius 2 is 1.60 bits per heavy atom. The lowest BCUT2D eigenvalue weighted by Gasteiger charge is -2.35. The Kier molecular flexibility index (Phi) is 4.14. The molecular formula is C18H22N2. The predicted molar refractivity (Wildman–Crippen MR) is 83.9 cm³/mol. The van der Waals surface area contributed by atoms with E-state index in [1.165, 1.54) is 16.7 Å². The molecule has 1 atom stereocenters. The van der Waals surface area contributed by atoms with Gasteiger partial charge in [-0.05, 0) is 18.1 Å². The third kappa shape index (κ3) is 2.92. The van der Waals surface area contributed by atoms with E-state index in [0.29, 0.717) is 6.04 Å². The van der Waals surface area contributed by atoms with Gasteiger partial charge in [-0.25, -0.2) is 0 Å². The first-order chi connectivity index (χ1) is 9.84. The molecule has 0 unspecified atom stereocenters. The lowest BCUT2D eigenvalue weighted by molar-refractivity contribution is 0.198. The fraction of sp³-hybridized carbons (Fsp3) is 0.333. The molecule has 2 nitrogen and oxygen atoms in total. The maximum atomic E-state index is 3.44. The van der Waals surface area contributed by atoms with E-state index in [-0.39, 0.29) is 0 Å². The van der Waals surface area contributed by atoms with E-state index in [1.54, 1.807) is 0 Å². The monoisotopic (exact) mass is 266 g/mol. The van der Waals surface area contributed by atoms with Crippen molar-refractivity contribution in [3.8, 4) is 0 Å². The molecule has 1 saturated heterocycles. The quantitative estimate of drug-likeness (QED) is 0.919. The summed E-state index contributed by atoms with van der Waals surface area (Å²) in [7, 11) is 0. The van der Waals surface area contributed by atoms with Gasteiger partial charge in [-0.1, -0.05) is 60.2 Å². The summed E-state index contributed by atoms with van der Waals surface area (Å²) in [5.41, 5.74) is 4.12. The maximum absolute atomic E-state index is 3.44. The van der Waals surface area contributed by atoms with Crippen LogP contribution in [0.4, 0.5) is 0 Å². The molecule has 104 valence electrons. The van der Waals surface area contributed by atoms with Gasteiger partial charge in [0.2, 0.25) is 0 Å². The Balaban J connectivity index is 1.98. The number of rotatable bonds is 3. The first-order valence-electron chi connectivity index (χ1n) is 7.41. The number of aryl methyl sites for hydroxylation is 1. The van der Waals surface area contributed by atoms with Gasteiger partial charge in [-0.15, -0.1) is 0 Å². The fourth-order valence-electron chi connectivity index (χ4n) is 3.03. The molecule has 2 heteroatoms. The van der Waals surface area contributed by atoms with Crippen LogP contribution in [0.25, 0.3) is 0 Å². The number of hydrogen-bond donors (Lipinski definition) is 1. The SMILES string of the molecule is Cc1cccc([C@@H](c2ccccc2)N2CCNCC2)c1. The van der Waals surface area contributed by atoms with Crippen molar-refractivity contribution >= 4 is 0 Å². The van der Waals surface area contributed by atoms with E-state index in [2.05, 4.69) is 71.7 Å². The highest BCUT2D eigenvalue weighted by Gasteiger charge is 2.23. The average Bonchev–Trinajstić information content (AvgIpc) is 2.50. The average molecular weight is 266 g/mol. The first kappa shape index (κ1) is 13.3. The van der Waals surface area contributed by atoms with E-state index in [9.17, 15) is 0 Å². The highest BCUT2D eigenvalue weighted by Crippen LogP contribution is 2.29. The molecule has 1 N–H and O–H groups in total. The summed E-state index contributed by atoms with van der Waals surface area (Å²) in [6.07, 6.45) is 0. The zero-order valence-corrected chi connectivity index (χ0v) is 12.0. The maximum Gasteiger partial charge on any atom is 0.0602 e. The van der Waals surface area contributed by atoms with Crippen molar-refractivity contribution in [2.75, 3.05) is 26.2 Å². The van der Waals surface area contributed by atoms with Gasteiger partial charge >= 0.3 is 0 Å². The largest absolute Gasteiger partial charge is 0.314 e. The Hall–Kier alpha value is -1.64. The summed E-state index contributed by atoms with van der Waals surface area (Å²) in [5.74, 6) is 0. The Bertz CT molecular complexity index is 544. The minimum atomic E-state index is 0.373. The zero-order valence-electron chi connectivity index (χ0n) is 12.0. The molecule has 1 aliphatic heterocycles. The van der Waals surface area contributed by atoms with E-state index in [4.69, 9.17) is 0 Å². The second-order valence-electron chi connectivity index (χ2n) is 5.51. The number of benzene rings is 2. The summed E-state index contributed by atoms with van der Waals surface area (Å²) in [6, 6.07) is 20.1. The van der Waals surface area contributed by atoms with Crippen LogP contribution in [-0.2, 0) is 0 Å². The molecule has 0 aromatic heterocycles. The van der Waals surface area contributed by atoms with Crippen molar-refractivity contribution in [1.82, 2.24) is 10.2 Å². The van der Waals surface area contributed by atoms with Gasteiger partial charge in [0.1, 0.15) is 0 Å². The lowest BCUT2D eigenvalue weighted by atomic mass is 9.95. The first-order valence-corrected chi connectivity index (χ1v) is 7.41. The zero-order chi connectivity index (χ0) is 13.8. The summed E-state index contributed by atoms with van der Waals surface area (Å²) >= 11 is 0. The van der Waals surface area contributed by atoms with E-state index in [0.717, 1.165) is 26.2 Å². The van der Waals surface area contributed by atoms with Gasteiger partial charge in [-0.3, -0.25) is 4.90 Å². The van der Waals surface area contributed by atoms with Crippen molar-refractivity contribution in [3.63, 3.8) is 0 Å². The van der Waals surface area contributed by atoms with Crippen LogP contribution in [0.1, 0.15) is 22.7 Å². The van der Waals surface area contributed by atoms with Gasteiger partial charge in [0.15, 0.2) is 0 Å². The van der Waals surface area contributed by atoms with Crippen LogP contribution in [0.5, 0.6) is 0 Å². The van der Waals surface area contributed by atoms with Crippen LogP contribution in [0.15, 0.2) is 54.6 Å². The van der Waals surface area contributed by atoms with Gasteiger partial charge in [0.25, 0.3) is 0 Å². The number of nitrogens with zero attached hydrogens (tertiary/aromatic N) is 1. The third-order valence-electron chi connectivity index (χ3n) is 3.99. The minimum absolute atomic E-state index is 0.373. The minimum Gasteiger partial charge on any atom is -0.314 e. The van der Waals surface area contributed by atoms with Gasteiger partial charge in [0.05, 0.1) is 6.04 Å². The van der Waals surface area contributed by atoms with Crippen LogP contribution in [0, 0.1) is 6.92 Å². The van der Waals surface area contributed by atoms with E-state index >= 15 is 0 Å². The molecule has 1 aliphatic rings. The van der Waals surface area contributed by atoms with E-state index < -0.39 is 0 Å². The van der Waals surface area contributed by atoms with Crippen molar-refractivity contribution < 1.29 is 0 Å². The molecule has 0 saturated carbocycles. The lowest BCUT2D eigenvalue weighted by Crippen LogP contribution is -2.45. The van der Waals surface area contributed by atoms with Crippen molar-refractivity contribution in [2.45, 2.75) is 13.0 Å². The molecule has 0 bridgehead atoms. The number of piperazine rings is 1. The van der Waals surface area contributed by atoms with Crippen molar-refractivity contribution in [3.05, 3.63) is 71.3 Å². The van der Waals surface area contributed by atoms with E-state index in [1.807, 2.05) is 0 Å².